The number of nitrogens with one attached hydrogen (secondary N) is 2. The van der Waals surface area contributed by atoms with Gasteiger partial charge in [0.1, 0.15) is 11.8 Å². The van der Waals surface area contributed by atoms with Crippen LogP contribution in [0, 0.1) is 5.92 Å². The highest BCUT2D eigenvalue weighted by Crippen LogP contribution is 2.32. The molecule has 0 aromatic heterocycles. The second-order valence-electron chi connectivity index (χ2n) is 7.16. The molecule has 1 aromatic carbocycles. The van der Waals surface area contributed by atoms with Gasteiger partial charge in [0.15, 0.2) is 0 Å². The SMILES string of the molecule is CC(C)Oc1ccc(C[C@H](NC(=O)[C@@H](NCP(=O)(O)O)C(C)C)C(=O)O)cc1. The van der Waals surface area contributed by atoms with E-state index in [1.165, 1.54) is 0 Å². The minimum atomic E-state index is -4.34. The average molecular weight is 416 g/mol. The van der Waals surface area contributed by atoms with Crippen LogP contribution in [0.15, 0.2) is 24.3 Å². The largest absolute Gasteiger partial charge is 0.491 e. The standard InChI is InChI=1S/C18H29N2O7P/c1-11(2)16(19-10-28(24,25)26)17(21)20-15(18(22)23)9-13-5-7-14(8-6-13)27-12(3)4/h5-8,11-12,15-16,19H,9-10H2,1-4H3,(H,20,21)(H,22,23)(H2,24,25,26)/t15-,16-/m0/s1. The van der Waals surface area contributed by atoms with Crippen LogP contribution in [-0.2, 0) is 20.6 Å². The van der Waals surface area contributed by atoms with E-state index in [1.807, 2.05) is 13.8 Å². The van der Waals surface area contributed by atoms with Crippen LogP contribution < -0.4 is 15.4 Å². The van der Waals surface area contributed by atoms with Crippen molar-refractivity contribution in [3.63, 3.8) is 0 Å². The number of hydrogen-bond acceptors (Lipinski definition) is 5. The van der Waals surface area contributed by atoms with Crippen LogP contribution in [-0.4, -0.2) is 51.2 Å². The lowest BCUT2D eigenvalue weighted by Crippen LogP contribution is -2.53. The van der Waals surface area contributed by atoms with Crippen molar-refractivity contribution in [3.05, 3.63) is 29.8 Å². The fourth-order valence-electron chi connectivity index (χ4n) is 2.52. The van der Waals surface area contributed by atoms with Gasteiger partial charge in [0, 0.05) is 6.42 Å². The topological polar surface area (TPSA) is 145 Å². The first kappa shape index (κ1) is 24.1. The lowest BCUT2D eigenvalue weighted by atomic mass is 10.0. The van der Waals surface area contributed by atoms with E-state index in [9.17, 15) is 19.3 Å². The van der Waals surface area contributed by atoms with Gasteiger partial charge in [0.2, 0.25) is 5.91 Å². The summed E-state index contributed by atoms with van der Waals surface area (Å²) in [6.45, 7) is 7.19. The number of rotatable bonds is 11. The van der Waals surface area contributed by atoms with E-state index < -0.39 is 37.8 Å². The summed E-state index contributed by atoms with van der Waals surface area (Å²) in [5.74, 6) is -1.46. The molecule has 10 heteroatoms. The Kier molecular flexibility index (Phi) is 9.10. The predicted molar refractivity (Wildman–Crippen MR) is 104 cm³/mol. The molecule has 0 fully saturated rings. The maximum absolute atomic E-state index is 12.5. The number of carbonyl (C=O) groups excluding carboxylic acids is 1. The molecule has 0 radical (unpaired) electrons. The Balaban J connectivity index is 2.80. The second kappa shape index (κ2) is 10.6. The van der Waals surface area contributed by atoms with E-state index in [0.29, 0.717) is 11.3 Å². The Morgan fingerprint density at radius 3 is 2.11 bits per heavy atom. The zero-order chi connectivity index (χ0) is 21.5. The molecule has 0 aliphatic heterocycles. The molecule has 0 saturated heterocycles. The van der Waals surface area contributed by atoms with Crippen LogP contribution in [0.5, 0.6) is 5.75 Å². The first-order chi connectivity index (χ1) is 12.9. The minimum absolute atomic E-state index is 0.0190. The third-order valence-corrected chi connectivity index (χ3v) is 4.41. The molecule has 0 unspecified atom stereocenters. The van der Waals surface area contributed by atoms with E-state index in [-0.39, 0.29) is 18.4 Å². The zero-order valence-corrected chi connectivity index (χ0v) is 17.3. The Morgan fingerprint density at radius 2 is 1.68 bits per heavy atom. The Morgan fingerprint density at radius 1 is 1.11 bits per heavy atom. The molecule has 0 bridgehead atoms. The van der Waals surface area contributed by atoms with Crippen LogP contribution >= 0.6 is 7.60 Å². The fourth-order valence-corrected chi connectivity index (χ4v) is 2.96. The molecule has 5 N–H and O–H groups in total. The second-order valence-corrected chi connectivity index (χ2v) is 8.81. The van der Waals surface area contributed by atoms with Crippen molar-refractivity contribution in [1.29, 1.82) is 0 Å². The molecule has 1 rings (SSSR count). The molecule has 0 saturated carbocycles. The van der Waals surface area contributed by atoms with Gasteiger partial charge in [0.05, 0.1) is 18.4 Å². The molecular weight excluding hydrogens is 387 g/mol. The summed E-state index contributed by atoms with van der Waals surface area (Å²) in [6.07, 6.45) is -0.587. The number of ether oxygens (including phenoxy) is 1. The van der Waals surface area contributed by atoms with Crippen molar-refractivity contribution in [1.82, 2.24) is 10.6 Å². The molecular formula is C18H29N2O7P. The van der Waals surface area contributed by atoms with E-state index in [2.05, 4.69) is 10.6 Å². The van der Waals surface area contributed by atoms with Gasteiger partial charge in [-0.2, -0.15) is 0 Å². The van der Waals surface area contributed by atoms with Crippen LogP contribution in [0.1, 0.15) is 33.3 Å². The smallest absolute Gasteiger partial charge is 0.339 e. The summed E-state index contributed by atoms with van der Waals surface area (Å²) < 4.78 is 16.6. The van der Waals surface area contributed by atoms with Crippen LogP contribution in [0.2, 0.25) is 0 Å². The lowest BCUT2D eigenvalue weighted by molar-refractivity contribution is -0.142. The first-order valence-corrected chi connectivity index (χ1v) is 10.8. The van der Waals surface area contributed by atoms with Gasteiger partial charge in [-0.25, -0.2) is 4.79 Å². The number of carbonyl (C=O) groups is 2. The predicted octanol–water partition coefficient (Wildman–Crippen LogP) is 1.34. The molecule has 2 atom stereocenters. The molecule has 1 aromatic rings. The maximum atomic E-state index is 12.5. The van der Waals surface area contributed by atoms with Crippen molar-refractivity contribution in [2.45, 2.75) is 52.3 Å². The summed E-state index contributed by atoms with van der Waals surface area (Å²) in [5.41, 5.74) is 0.702. The summed E-state index contributed by atoms with van der Waals surface area (Å²) in [6, 6.07) is 4.81. The molecule has 1 amide bonds. The number of carboxylic acids is 1. The molecule has 0 aliphatic rings. The number of benzene rings is 1. The van der Waals surface area contributed by atoms with E-state index in [4.69, 9.17) is 14.5 Å². The molecule has 9 nitrogen and oxygen atoms in total. The highest BCUT2D eigenvalue weighted by atomic mass is 31.2. The lowest BCUT2D eigenvalue weighted by Gasteiger charge is -2.24. The third kappa shape index (κ3) is 8.84. The van der Waals surface area contributed by atoms with E-state index >= 15 is 0 Å². The van der Waals surface area contributed by atoms with Crippen molar-refractivity contribution >= 4 is 19.5 Å². The number of aliphatic carboxylic acids is 1. The summed E-state index contributed by atoms with van der Waals surface area (Å²) in [4.78, 5) is 42.0. The van der Waals surface area contributed by atoms with Crippen molar-refractivity contribution in [3.8, 4) is 5.75 Å². The van der Waals surface area contributed by atoms with E-state index in [1.54, 1.807) is 38.1 Å². The monoisotopic (exact) mass is 416 g/mol. The highest BCUT2D eigenvalue weighted by molar-refractivity contribution is 7.51. The van der Waals surface area contributed by atoms with Crippen LogP contribution in [0.25, 0.3) is 0 Å². The highest BCUT2D eigenvalue weighted by Gasteiger charge is 2.29. The summed E-state index contributed by atoms with van der Waals surface area (Å²) >= 11 is 0. The molecule has 28 heavy (non-hydrogen) atoms. The van der Waals surface area contributed by atoms with Gasteiger partial charge in [-0.3, -0.25) is 14.7 Å². The van der Waals surface area contributed by atoms with E-state index in [0.717, 1.165) is 0 Å². The minimum Gasteiger partial charge on any atom is -0.491 e. The quantitative estimate of drug-likeness (QED) is 0.340. The fraction of sp³-hybridized carbons (Fsp3) is 0.556. The van der Waals surface area contributed by atoms with Gasteiger partial charge >= 0.3 is 13.6 Å². The summed E-state index contributed by atoms with van der Waals surface area (Å²) in [5, 5.41) is 14.4. The van der Waals surface area contributed by atoms with Gasteiger partial charge in [0.25, 0.3) is 0 Å². The average Bonchev–Trinajstić information content (AvgIpc) is 2.54. The zero-order valence-electron chi connectivity index (χ0n) is 16.5. The van der Waals surface area contributed by atoms with Crippen LogP contribution in [0.4, 0.5) is 0 Å². The van der Waals surface area contributed by atoms with Gasteiger partial charge in [-0.1, -0.05) is 26.0 Å². The number of amides is 1. The Bertz CT molecular complexity index is 700. The summed E-state index contributed by atoms with van der Waals surface area (Å²) in [7, 11) is -4.34. The van der Waals surface area contributed by atoms with Gasteiger partial charge in [-0.05, 0) is 37.5 Å². The molecule has 0 spiro atoms. The van der Waals surface area contributed by atoms with Crippen molar-refractivity contribution in [2.75, 3.05) is 6.29 Å². The maximum Gasteiger partial charge on any atom is 0.339 e. The Hall–Kier alpha value is -1.93. The van der Waals surface area contributed by atoms with Crippen molar-refractivity contribution in [2.24, 2.45) is 5.92 Å². The van der Waals surface area contributed by atoms with Gasteiger partial charge < -0.3 is 24.9 Å². The normalized spacial score (nSPS) is 14.0. The molecule has 0 heterocycles. The number of carboxylic acid groups (broad SMARTS) is 1. The van der Waals surface area contributed by atoms with Crippen molar-refractivity contribution < 1.29 is 33.8 Å². The molecule has 0 aliphatic carbocycles. The Labute approximate surface area is 164 Å². The van der Waals surface area contributed by atoms with Crippen LogP contribution in [0.3, 0.4) is 0 Å². The first-order valence-electron chi connectivity index (χ1n) is 8.95. The van der Waals surface area contributed by atoms with Gasteiger partial charge in [-0.15, -0.1) is 0 Å². The third-order valence-electron chi connectivity index (χ3n) is 3.82. The molecule has 158 valence electrons. The number of hydrogen-bond donors (Lipinski definition) is 5.